The van der Waals surface area contributed by atoms with E-state index in [1.807, 2.05) is 23.9 Å². The molecular formula is C12H15NO2S. The van der Waals surface area contributed by atoms with E-state index in [1.165, 1.54) is 10.5 Å². The molecule has 1 amide bonds. The van der Waals surface area contributed by atoms with Gasteiger partial charge in [0.1, 0.15) is 5.75 Å². The summed E-state index contributed by atoms with van der Waals surface area (Å²) in [4.78, 5) is 12.4. The number of carbonyl (C=O) groups excluding carboxylic acids is 1. The Bertz CT molecular complexity index is 393. The normalized spacial score (nSPS) is 13.8. The molecule has 86 valence electrons. The van der Waals surface area contributed by atoms with Crippen molar-refractivity contribution in [1.29, 1.82) is 0 Å². The summed E-state index contributed by atoms with van der Waals surface area (Å²) in [7, 11) is 1.67. The number of hydrogen-bond acceptors (Lipinski definition) is 3. The first-order valence-electron chi connectivity index (χ1n) is 5.39. The van der Waals surface area contributed by atoms with E-state index in [9.17, 15) is 4.79 Å². The standard InChI is InChI=1S/C12H15NO2S/c1-13-11(14)6-5-9-3-2-4-10-12(9)16-8-7-15-10/h2-4H,5-8H2,1H3,(H,13,14). The third kappa shape index (κ3) is 2.50. The highest BCUT2D eigenvalue weighted by molar-refractivity contribution is 7.99. The van der Waals surface area contributed by atoms with Crippen LogP contribution in [0.4, 0.5) is 0 Å². The average Bonchev–Trinajstić information content (AvgIpc) is 2.35. The predicted octanol–water partition coefficient (Wildman–Crippen LogP) is 1.85. The minimum atomic E-state index is 0.0827. The highest BCUT2D eigenvalue weighted by Crippen LogP contribution is 2.36. The lowest BCUT2D eigenvalue weighted by Gasteiger charge is -2.19. The van der Waals surface area contributed by atoms with Crippen molar-refractivity contribution >= 4 is 17.7 Å². The summed E-state index contributed by atoms with van der Waals surface area (Å²) in [5.41, 5.74) is 1.21. The van der Waals surface area contributed by atoms with Crippen LogP contribution >= 0.6 is 11.8 Å². The molecule has 1 aromatic rings. The lowest BCUT2D eigenvalue weighted by atomic mass is 10.1. The molecule has 3 nitrogen and oxygen atoms in total. The van der Waals surface area contributed by atoms with Gasteiger partial charge in [-0.1, -0.05) is 12.1 Å². The van der Waals surface area contributed by atoms with Crippen molar-refractivity contribution in [3.8, 4) is 5.75 Å². The van der Waals surface area contributed by atoms with Crippen LogP contribution in [-0.4, -0.2) is 25.3 Å². The van der Waals surface area contributed by atoms with Gasteiger partial charge in [-0.25, -0.2) is 0 Å². The average molecular weight is 237 g/mol. The van der Waals surface area contributed by atoms with Crippen molar-refractivity contribution in [3.63, 3.8) is 0 Å². The fourth-order valence-electron chi connectivity index (χ4n) is 1.70. The van der Waals surface area contributed by atoms with Crippen LogP contribution in [0.25, 0.3) is 0 Å². The molecule has 1 aromatic carbocycles. The Kier molecular flexibility index (Phi) is 3.72. The molecule has 1 N–H and O–H groups in total. The first kappa shape index (κ1) is 11.3. The maximum absolute atomic E-state index is 11.2. The summed E-state index contributed by atoms with van der Waals surface area (Å²) in [6.07, 6.45) is 1.31. The predicted molar refractivity (Wildman–Crippen MR) is 65.0 cm³/mol. The second-order valence-corrected chi connectivity index (χ2v) is 4.72. The van der Waals surface area contributed by atoms with Crippen molar-refractivity contribution < 1.29 is 9.53 Å². The lowest BCUT2D eigenvalue weighted by molar-refractivity contribution is -0.120. The van der Waals surface area contributed by atoms with E-state index in [1.54, 1.807) is 7.05 Å². The van der Waals surface area contributed by atoms with Crippen LogP contribution < -0.4 is 10.1 Å². The first-order valence-corrected chi connectivity index (χ1v) is 6.38. The van der Waals surface area contributed by atoms with Gasteiger partial charge in [-0.15, -0.1) is 11.8 Å². The molecule has 0 saturated heterocycles. The molecule has 0 bridgehead atoms. The number of fused-ring (bicyclic) bond motifs is 1. The molecule has 0 saturated carbocycles. The summed E-state index contributed by atoms with van der Waals surface area (Å²) in [5.74, 6) is 2.04. The number of ether oxygens (including phenoxy) is 1. The van der Waals surface area contributed by atoms with E-state index >= 15 is 0 Å². The highest BCUT2D eigenvalue weighted by atomic mass is 32.2. The van der Waals surface area contributed by atoms with Crippen LogP contribution in [0, 0.1) is 0 Å². The minimum Gasteiger partial charge on any atom is -0.492 e. The van der Waals surface area contributed by atoms with E-state index in [0.717, 1.165) is 24.5 Å². The molecule has 0 radical (unpaired) electrons. The molecule has 0 fully saturated rings. The molecule has 0 aromatic heterocycles. The Hall–Kier alpha value is -1.16. The Balaban J connectivity index is 2.11. The van der Waals surface area contributed by atoms with Gasteiger partial charge in [-0.3, -0.25) is 4.79 Å². The zero-order valence-electron chi connectivity index (χ0n) is 9.29. The molecular weight excluding hydrogens is 222 g/mol. The molecule has 1 aliphatic heterocycles. The smallest absolute Gasteiger partial charge is 0.220 e. The lowest BCUT2D eigenvalue weighted by Crippen LogP contribution is -2.18. The number of benzene rings is 1. The number of thioether (sulfide) groups is 1. The number of aryl methyl sites for hydroxylation is 1. The number of carbonyl (C=O) groups is 1. The number of rotatable bonds is 3. The van der Waals surface area contributed by atoms with Crippen LogP contribution in [0.5, 0.6) is 5.75 Å². The Morgan fingerprint density at radius 2 is 2.44 bits per heavy atom. The molecule has 2 rings (SSSR count). The fraction of sp³-hybridized carbons (Fsp3) is 0.417. The summed E-state index contributed by atoms with van der Waals surface area (Å²) < 4.78 is 5.58. The topological polar surface area (TPSA) is 38.3 Å². The van der Waals surface area contributed by atoms with Crippen molar-refractivity contribution in [2.24, 2.45) is 0 Å². The summed E-state index contributed by atoms with van der Waals surface area (Å²) >= 11 is 1.82. The highest BCUT2D eigenvalue weighted by Gasteiger charge is 2.14. The number of amides is 1. The number of hydrogen-bond donors (Lipinski definition) is 1. The van der Waals surface area contributed by atoms with Gasteiger partial charge in [-0.05, 0) is 18.1 Å². The first-order chi connectivity index (χ1) is 7.81. The van der Waals surface area contributed by atoms with E-state index < -0.39 is 0 Å². The van der Waals surface area contributed by atoms with Crippen molar-refractivity contribution in [2.45, 2.75) is 17.7 Å². The molecule has 0 spiro atoms. The van der Waals surface area contributed by atoms with Gasteiger partial charge >= 0.3 is 0 Å². The van der Waals surface area contributed by atoms with Crippen LogP contribution in [0.2, 0.25) is 0 Å². The molecule has 0 unspecified atom stereocenters. The summed E-state index contributed by atoms with van der Waals surface area (Å²) in [5, 5.41) is 2.64. The summed E-state index contributed by atoms with van der Waals surface area (Å²) in [6, 6.07) is 6.05. The van der Waals surface area contributed by atoms with Gasteiger partial charge in [0.15, 0.2) is 0 Å². The monoisotopic (exact) mass is 237 g/mol. The second-order valence-electron chi connectivity index (χ2n) is 3.61. The molecule has 1 heterocycles. The van der Waals surface area contributed by atoms with E-state index in [2.05, 4.69) is 11.4 Å². The van der Waals surface area contributed by atoms with Crippen molar-refractivity contribution in [2.75, 3.05) is 19.4 Å². The van der Waals surface area contributed by atoms with Crippen molar-refractivity contribution in [3.05, 3.63) is 23.8 Å². The maximum atomic E-state index is 11.2. The maximum Gasteiger partial charge on any atom is 0.220 e. The second kappa shape index (κ2) is 5.25. The van der Waals surface area contributed by atoms with Crippen LogP contribution in [0.3, 0.4) is 0 Å². The zero-order valence-corrected chi connectivity index (χ0v) is 10.1. The molecule has 16 heavy (non-hydrogen) atoms. The Morgan fingerprint density at radius 3 is 3.25 bits per heavy atom. The minimum absolute atomic E-state index is 0.0827. The Morgan fingerprint density at radius 1 is 1.56 bits per heavy atom. The van der Waals surface area contributed by atoms with E-state index in [-0.39, 0.29) is 5.91 Å². The Labute approximate surface area is 99.6 Å². The van der Waals surface area contributed by atoms with E-state index in [4.69, 9.17) is 4.74 Å². The fourth-order valence-corrected chi connectivity index (χ4v) is 2.70. The van der Waals surface area contributed by atoms with Crippen LogP contribution in [0.1, 0.15) is 12.0 Å². The summed E-state index contributed by atoms with van der Waals surface area (Å²) in [6.45, 7) is 0.774. The van der Waals surface area contributed by atoms with Crippen LogP contribution in [0.15, 0.2) is 23.1 Å². The zero-order chi connectivity index (χ0) is 11.4. The quantitative estimate of drug-likeness (QED) is 0.872. The van der Waals surface area contributed by atoms with Gasteiger partial charge in [0.05, 0.1) is 11.5 Å². The molecule has 1 aliphatic rings. The third-order valence-electron chi connectivity index (χ3n) is 2.55. The SMILES string of the molecule is CNC(=O)CCc1cccc2c1SCCO2. The van der Waals surface area contributed by atoms with Crippen molar-refractivity contribution in [1.82, 2.24) is 5.32 Å². The third-order valence-corrected chi connectivity index (χ3v) is 3.67. The number of nitrogens with one attached hydrogen (secondary N) is 1. The van der Waals surface area contributed by atoms with Gasteiger partial charge < -0.3 is 10.1 Å². The van der Waals surface area contributed by atoms with Crippen LogP contribution in [-0.2, 0) is 11.2 Å². The van der Waals surface area contributed by atoms with Gasteiger partial charge in [0, 0.05) is 19.2 Å². The largest absolute Gasteiger partial charge is 0.492 e. The molecule has 0 atom stereocenters. The van der Waals surface area contributed by atoms with Gasteiger partial charge in [0.2, 0.25) is 5.91 Å². The van der Waals surface area contributed by atoms with E-state index in [0.29, 0.717) is 6.42 Å². The van der Waals surface area contributed by atoms with Gasteiger partial charge in [0.25, 0.3) is 0 Å². The van der Waals surface area contributed by atoms with Gasteiger partial charge in [-0.2, -0.15) is 0 Å². The molecule has 0 aliphatic carbocycles. The molecule has 4 heteroatoms.